The van der Waals surface area contributed by atoms with Crippen molar-refractivity contribution in [1.82, 2.24) is 9.97 Å². The summed E-state index contributed by atoms with van der Waals surface area (Å²) in [6.07, 6.45) is 1.72. The summed E-state index contributed by atoms with van der Waals surface area (Å²) >= 11 is 0. The Labute approximate surface area is 167 Å². The van der Waals surface area contributed by atoms with Crippen LogP contribution >= 0.6 is 0 Å². The molecular weight excluding hydrogens is 367 g/mol. The molecule has 6 heteroatoms. The summed E-state index contributed by atoms with van der Waals surface area (Å²) in [6, 6.07) is 20.7. The quantitative estimate of drug-likeness (QED) is 0.495. The summed E-state index contributed by atoms with van der Waals surface area (Å²) in [7, 11) is 0. The van der Waals surface area contributed by atoms with Crippen molar-refractivity contribution >= 4 is 28.4 Å². The summed E-state index contributed by atoms with van der Waals surface area (Å²) in [5.41, 5.74) is 3.80. The molecule has 0 saturated heterocycles. The summed E-state index contributed by atoms with van der Waals surface area (Å²) in [4.78, 5) is 21.2. The van der Waals surface area contributed by atoms with Gasteiger partial charge in [-0.05, 0) is 61.0 Å². The molecule has 2 N–H and O–H groups in total. The highest BCUT2D eigenvalue weighted by Crippen LogP contribution is 2.21. The van der Waals surface area contributed by atoms with E-state index in [9.17, 15) is 9.18 Å². The molecule has 4 aromatic rings. The van der Waals surface area contributed by atoms with Crippen molar-refractivity contribution < 1.29 is 9.18 Å². The van der Waals surface area contributed by atoms with Gasteiger partial charge in [-0.3, -0.25) is 9.78 Å². The monoisotopic (exact) mass is 386 g/mol. The van der Waals surface area contributed by atoms with Crippen molar-refractivity contribution in [1.29, 1.82) is 0 Å². The van der Waals surface area contributed by atoms with Gasteiger partial charge in [-0.15, -0.1) is 0 Å². The molecule has 0 aliphatic carbocycles. The van der Waals surface area contributed by atoms with Gasteiger partial charge in [0.05, 0.1) is 17.2 Å². The Balaban J connectivity index is 1.42. The Morgan fingerprint density at radius 3 is 2.34 bits per heavy atom. The van der Waals surface area contributed by atoms with E-state index < -0.39 is 0 Å². The fourth-order valence-corrected chi connectivity index (χ4v) is 2.99. The fraction of sp³-hybridized carbons (Fsp3) is 0.0870. The molecule has 3 aromatic carbocycles. The molecule has 1 amide bonds. The Kier molecular flexibility index (Phi) is 5.16. The van der Waals surface area contributed by atoms with Crippen molar-refractivity contribution in [2.75, 3.05) is 10.6 Å². The normalized spacial score (nSPS) is 11.8. The van der Waals surface area contributed by atoms with E-state index in [4.69, 9.17) is 0 Å². The summed E-state index contributed by atoms with van der Waals surface area (Å²) in [6.45, 7) is 2.03. The highest BCUT2D eigenvalue weighted by atomic mass is 19.1. The molecule has 1 heterocycles. The molecule has 29 heavy (non-hydrogen) atoms. The van der Waals surface area contributed by atoms with Crippen LogP contribution in [0.15, 0.2) is 79.0 Å². The minimum absolute atomic E-state index is 0.00677. The Morgan fingerprint density at radius 1 is 0.931 bits per heavy atom. The molecule has 0 spiro atoms. The predicted octanol–water partition coefficient (Wildman–Crippen LogP) is 5.19. The van der Waals surface area contributed by atoms with Crippen LogP contribution in [-0.4, -0.2) is 15.9 Å². The molecule has 144 valence electrons. The number of carbonyl (C=O) groups excluding carboxylic acids is 1. The number of aromatic nitrogens is 2. The van der Waals surface area contributed by atoms with Crippen LogP contribution in [0.1, 0.15) is 28.9 Å². The van der Waals surface area contributed by atoms with Gasteiger partial charge >= 0.3 is 0 Å². The zero-order valence-corrected chi connectivity index (χ0v) is 15.8. The fourth-order valence-electron chi connectivity index (χ4n) is 2.99. The maximum absolute atomic E-state index is 13.0. The first kappa shape index (κ1) is 18.6. The lowest BCUT2D eigenvalue weighted by Gasteiger charge is -2.15. The van der Waals surface area contributed by atoms with Gasteiger partial charge in [-0.1, -0.05) is 24.3 Å². The lowest BCUT2D eigenvalue weighted by atomic mass is 10.1. The molecule has 4 rings (SSSR count). The third-order valence-corrected chi connectivity index (χ3v) is 4.59. The number of nitrogens with one attached hydrogen (secondary N) is 2. The topological polar surface area (TPSA) is 66.9 Å². The minimum Gasteiger partial charge on any atom is -0.362 e. The van der Waals surface area contributed by atoms with Crippen LogP contribution in [-0.2, 0) is 0 Å². The molecule has 5 nitrogen and oxygen atoms in total. The zero-order valence-electron chi connectivity index (χ0n) is 15.8. The number of anilines is 2. The van der Waals surface area contributed by atoms with Crippen molar-refractivity contribution in [3.8, 4) is 0 Å². The van der Waals surface area contributed by atoms with Gasteiger partial charge in [0.1, 0.15) is 11.6 Å². The van der Waals surface area contributed by atoms with Crippen LogP contribution in [0.25, 0.3) is 11.0 Å². The van der Waals surface area contributed by atoms with Gasteiger partial charge in [0.25, 0.3) is 5.91 Å². The number of benzene rings is 3. The van der Waals surface area contributed by atoms with Crippen LogP contribution in [0.5, 0.6) is 0 Å². The van der Waals surface area contributed by atoms with E-state index in [2.05, 4.69) is 20.6 Å². The zero-order chi connectivity index (χ0) is 20.2. The third-order valence-electron chi connectivity index (χ3n) is 4.59. The first-order valence-electron chi connectivity index (χ1n) is 9.24. The van der Waals surface area contributed by atoms with E-state index in [0.29, 0.717) is 17.1 Å². The van der Waals surface area contributed by atoms with Gasteiger partial charge in [0.2, 0.25) is 0 Å². The molecular formula is C23H19FN4O. The molecule has 1 atom stereocenters. The minimum atomic E-state index is -0.372. The first-order valence-corrected chi connectivity index (χ1v) is 9.24. The molecule has 1 unspecified atom stereocenters. The van der Waals surface area contributed by atoms with E-state index in [0.717, 1.165) is 16.6 Å². The standard InChI is InChI=1S/C23H19FN4O/c1-15(26-22-14-25-20-4-2-3-5-21(20)28-22)16-8-12-19(13-9-16)27-23(29)17-6-10-18(24)11-7-17/h2-15H,1H3,(H,26,28)(H,27,29). The van der Waals surface area contributed by atoms with Crippen LogP contribution in [0.2, 0.25) is 0 Å². The Bertz CT molecular complexity index is 1140. The molecule has 0 aliphatic rings. The van der Waals surface area contributed by atoms with Crippen molar-refractivity contribution in [3.05, 3.63) is 95.9 Å². The van der Waals surface area contributed by atoms with E-state index in [1.165, 1.54) is 24.3 Å². The Morgan fingerprint density at radius 2 is 1.62 bits per heavy atom. The summed E-state index contributed by atoms with van der Waals surface area (Å²) < 4.78 is 13.0. The SMILES string of the molecule is CC(Nc1cnc2ccccc2n1)c1ccc(NC(=O)c2ccc(F)cc2)cc1. The molecule has 0 radical (unpaired) electrons. The highest BCUT2D eigenvalue weighted by Gasteiger charge is 2.09. The highest BCUT2D eigenvalue weighted by molar-refractivity contribution is 6.04. The van der Waals surface area contributed by atoms with Gasteiger partial charge in [0.15, 0.2) is 0 Å². The first-order chi connectivity index (χ1) is 14.1. The van der Waals surface area contributed by atoms with Crippen LogP contribution in [0, 0.1) is 5.82 Å². The smallest absolute Gasteiger partial charge is 0.255 e. The van der Waals surface area contributed by atoms with E-state index in [1.54, 1.807) is 6.20 Å². The summed E-state index contributed by atoms with van der Waals surface area (Å²) in [5.74, 6) is 0.0451. The number of hydrogen-bond donors (Lipinski definition) is 2. The van der Waals surface area contributed by atoms with Crippen LogP contribution < -0.4 is 10.6 Å². The molecule has 0 aliphatic heterocycles. The maximum Gasteiger partial charge on any atom is 0.255 e. The third kappa shape index (κ3) is 4.38. The average Bonchev–Trinajstić information content (AvgIpc) is 2.74. The number of hydrogen-bond acceptors (Lipinski definition) is 4. The average molecular weight is 386 g/mol. The van der Waals surface area contributed by atoms with E-state index in [-0.39, 0.29) is 17.8 Å². The van der Waals surface area contributed by atoms with Crippen LogP contribution in [0.4, 0.5) is 15.9 Å². The molecule has 0 saturated carbocycles. The maximum atomic E-state index is 13.0. The number of fused-ring (bicyclic) bond motifs is 1. The number of nitrogens with zero attached hydrogens (tertiary/aromatic N) is 2. The Hall–Kier alpha value is -3.80. The second kappa shape index (κ2) is 8.06. The predicted molar refractivity (Wildman–Crippen MR) is 112 cm³/mol. The second-order valence-electron chi connectivity index (χ2n) is 6.69. The van der Waals surface area contributed by atoms with Gasteiger partial charge in [-0.2, -0.15) is 0 Å². The molecule has 1 aromatic heterocycles. The number of para-hydroxylation sites is 2. The van der Waals surface area contributed by atoms with Crippen molar-refractivity contribution in [2.45, 2.75) is 13.0 Å². The lowest BCUT2D eigenvalue weighted by Crippen LogP contribution is -2.12. The van der Waals surface area contributed by atoms with Gasteiger partial charge < -0.3 is 10.6 Å². The van der Waals surface area contributed by atoms with Gasteiger partial charge in [-0.25, -0.2) is 9.37 Å². The largest absolute Gasteiger partial charge is 0.362 e. The van der Waals surface area contributed by atoms with Gasteiger partial charge in [0, 0.05) is 17.3 Å². The number of rotatable bonds is 5. The number of carbonyl (C=O) groups is 1. The van der Waals surface area contributed by atoms with Crippen LogP contribution in [0.3, 0.4) is 0 Å². The second-order valence-corrected chi connectivity index (χ2v) is 6.69. The number of halogens is 1. The lowest BCUT2D eigenvalue weighted by molar-refractivity contribution is 0.102. The van der Waals surface area contributed by atoms with Crippen molar-refractivity contribution in [2.24, 2.45) is 0 Å². The molecule has 0 fully saturated rings. The van der Waals surface area contributed by atoms with E-state index >= 15 is 0 Å². The molecule has 0 bridgehead atoms. The van der Waals surface area contributed by atoms with E-state index in [1.807, 2.05) is 55.5 Å². The summed E-state index contributed by atoms with van der Waals surface area (Å²) in [5, 5.41) is 6.15. The van der Waals surface area contributed by atoms with Crippen molar-refractivity contribution in [3.63, 3.8) is 0 Å². The number of amides is 1.